The van der Waals surface area contributed by atoms with Gasteiger partial charge < -0.3 is 15.1 Å². The molecule has 0 spiro atoms. The van der Waals surface area contributed by atoms with Crippen molar-refractivity contribution < 1.29 is 22.8 Å². The van der Waals surface area contributed by atoms with Crippen LogP contribution in [0.4, 0.5) is 19.0 Å². The summed E-state index contributed by atoms with van der Waals surface area (Å²) in [4.78, 5) is 32.3. The fourth-order valence-corrected chi connectivity index (χ4v) is 3.85. The number of pyridine rings is 1. The third kappa shape index (κ3) is 5.99. The topological polar surface area (TPSA) is 65.5 Å². The van der Waals surface area contributed by atoms with Crippen LogP contribution in [0.25, 0.3) is 0 Å². The van der Waals surface area contributed by atoms with Crippen LogP contribution < -0.4 is 10.2 Å². The predicted molar refractivity (Wildman–Crippen MR) is 115 cm³/mol. The zero-order valence-electron chi connectivity index (χ0n) is 17.9. The summed E-state index contributed by atoms with van der Waals surface area (Å²) in [6.07, 6.45) is -2.09. The molecular weight excluding hydrogens is 421 g/mol. The van der Waals surface area contributed by atoms with Crippen molar-refractivity contribution >= 4 is 17.6 Å². The Morgan fingerprint density at radius 3 is 2.62 bits per heavy atom. The van der Waals surface area contributed by atoms with Crippen LogP contribution in [0.5, 0.6) is 0 Å². The lowest BCUT2D eigenvalue weighted by Gasteiger charge is -2.34. The highest BCUT2D eigenvalue weighted by molar-refractivity contribution is 5.86. The van der Waals surface area contributed by atoms with Gasteiger partial charge in [-0.25, -0.2) is 4.98 Å². The number of amides is 2. The molecule has 2 amide bonds. The van der Waals surface area contributed by atoms with Gasteiger partial charge in [0.15, 0.2) is 0 Å². The van der Waals surface area contributed by atoms with Gasteiger partial charge in [-0.1, -0.05) is 30.3 Å². The second-order valence-corrected chi connectivity index (χ2v) is 7.77. The number of hydrogen-bond acceptors (Lipinski definition) is 4. The van der Waals surface area contributed by atoms with Crippen molar-refractivity contribution in [3.8, 4) is 0 Å². The van der Waals surface area contributed by atoms with E-state index in [4.69, 9.17) is 0 Å². The summed E-state index contributed by atoms with van der Waals surface area (Å²) in [7, 11) is 0. The quantitative estimate of drug-likeness (QED) is 0.705. The Morgan fingerprint density at radius 1 is 1.19 bits per heavy atom. The second-order valence-electron chi connectivity index (χ2n) is 7.77. The van der Waals surface area contributed by atoms with Gasteiger partial charge in [-0.2, -0.15) is 13.2 Å². The summed E-state index contributed by atoms with van der Waals surface area (Å²) in [5.74, 6) is -1.21. The van der Waals surface area contributed by atoms with E-state index >= 15 is 0 Å². The maximum Gasteiger partial charge on any atom is 0.419 e. The molecule has 1 fully saturated rings. The third-order valence-electron chi connectivity index (χ3n) is 5.55. The number of piperidine rings is 1. The zero-order valence-corrected chi connectivity index (χ0v) is 17.9. The van der Waals surface area contributed by atoms with E-state index in [-0.39, 0.29) is 30.7 Å². The van der Waals surface area contributed by atoms with Gasteiger partial charge >= 0.3 is 6.18 Å². The molecule has 2 aromatic rings. The highest BCUT2D eigenvalue weighted by Crippen LogP contribution is 2.36. The minimum Gasteiger partial charge on any atom is -0.355 e. The number of benzene rings is 1. The molecule has 1 aromatic heterocycles. The van der Waals surface area contributed by atoms with Gasteiger partial charge in [-0.15, -0.1) is 0 Å². The summed E-state index contributed by atoms with van der Waals surface area (Å²) in [5.41, 5.74) is 0.184. The van der Waals surface area contributed by atoms with Crippen molar-refractivity contribution in [2.75, 3.05) is 31.1 Å². The van der Waals surface area contributed by atoms with E-state index in [1.54, 1.807) is 4.90 Å². The van der Waals surface area contributed by atoms with Gasteiger partial charge in [0.2, 0.25) is 11.8 Å². The highest BCUT2D eigenvalue weighted by atomic mass is 19.4. The molecule has 1 unspecified atom stereocenters. The molecule has 1 atom stereocenters. The summed E-state index contributed by atoms with van der Waals surface area (Å²) in [6.45, 7) is 3.19. The van der Waals surface area contributed by atoms with Crippen molar-refractivity contribution in [2.45, 2.75) is 32.5 Å². The Morgan fingerprint density at radius 2 is 1.94 bits per heavy atom. The Balaban J connectivity index is 1.58. The Hall–Kier alpha value is -3.10. The molecule has 2 heterocycles. The number of halogens is 3. The maximum atomic E-state index is 13.3. The molecule has 0 saturated carbocycles. The van der Waals surface area contributed by atoms with E-state index in [0.29, 0.717) is 32.5 Å². The first-order valence-corrected chi connectivity index (χ1v) is 10.7. The van der Waals surface area contributed by atoms with Crippen LogP contribution in [0.3, 0.4) is 0 Å². The number of aromatic nitrogens is 1. The monoisotopic (exact) mass is 448 g/mol. The standard InChI is InChI=1S/C23H27F3N4O2/c1-2-29(15-17-8-4-3-5-9-17)20(31)14-28-22(32)18-10-7-13-30(16-18)21-19(23(24,25)26)11-6-12-27-21/h3-6,8-9,11-12,18H,2,7,10,13-16H2,1H3,(H,28,32). The van der Waals surface area contributed by atoms with Gasteiger partial charge in [-0.05, 0) is 37.5 Å². The SMILES string of the molecule is CCN(Cc1ccccc1)C(=O)CNC(=O)C1CCCN(c2ncccc2C(F)(F)F)C1. The van der Waals surface area contributed by atoms with Crippen LogP contribution in [-0.4, -0.2) is 47.9 Å². The summed E-state index contributed by atoms with van der Waals surface area (Å²) < 4.78 is 40.0. The van der Waals surface area contributed by atoms with Crippen LogP contribution in [0.2, 0.25) is 0 Å². The number of carbonyl (C=O) groups is 2. The first-order valence-electron chi connectivity index (χ1n) is 10.7. The molecule has 172 valence electrons. The summed E-state index contributed by atoms with van der Waals surface area (Å²) in [5, 5.41) is 2.67. The second kappa shape index (κ2) is 10.5. The summed E-state index contributed by atoms with van der Waals surface area (Å²) >= 11 is 0. The highest BCUT2D eigenvalue weighted by Gasteiger charge is 2.37. The molecule has 0 aliphatic carbocycles. The van der Waals surface area contributed by atoms with E-state index in [1.165, 1.54) is 17.2 Å². The van der Waals surface area contributed by atoms with E-state index < -0.39 is 17.7 Å². The minimum atomic E-state index is -4.52. The van der Waals surface area contributed by atoms with Gasteiger partial charge in [0, 0.05) is 32.4 Å². The zero-order chi connectivity index (χ0) is 23.1. The molecule has 9 heteroatoms. The lowest BCUT2D eigenvalue weighted by molar-refractivity contribution is -0.137. The lowest BCUT2D eigenvalue weighted by Crippen LogP contribution is -2.46. The normalized spacial score (nSPS) is 16.5. The van der Waals surface area contributed by atoms with Crippen molar-refractivity contribution in [1.82, 2.24) is 15.2 Å². The molecule has 0 bridgehead atoms. The average Bonchev–Trinajstić information content (AvgIpc) is 2.81. The van der Waals surface area contributed by atoms with Gasteiger partial charge in [0.25, 0.3) is 0 Å². The first kappa shape index (κ1) is 23.6. The average molecular weight is 448 g/mol. The Kier molecular flexibility index (Phi) is 7.71. The third-order valence-corrected chi connectivity index (χ3v) is 5.55. The minimum absolute atomic E-state index is 0.127. The number of rotatable bonds is 7. The molecule has 1 aliphatic rings. The largest absolute Gasteiger partial charge is 0.419 e. The van der Waals surface area contributed by atoms with E-state index in [0.717, 1.165) is 11.6 Å². The van der Waals surface area contributed by atoms with E-state index in [1.807, 2.05) is 37.3 Å². The van der Waals surface area contributed by atoms with Crippen LogP contribution in [0, 0.1) is 5.92 Å². The molecule has 32 heavy (non-hydrogen) atoms. The van der Waals surface area contributed by atoms with Crippen LogP contribution in [0.1, 0.15) is 30.9 Å². The number of nitrogens with zero attached hydrogens (tertiary/aromatic N) is 3. The molecule has 1 aliphatic heterocycles. The maximum absolute atomic E-state index is 13.3. The first-order chi connectivity index (χ1) is 15.3. The number of likely N-dealkylation sites (N-methyl/N-ethyl adjacent to an activating group) is 1. The molecular formula is C23H27F3N4O2. The van der Waals surface area contributed by atoms with E-state index in [9.17, 15) is 22.8 Å². The smallest absolute Gasteiger partial charge is 0.355 e. The van der Waals surface area contributed by atoms with Crippen LogP contribution >= 0.6 is 0 Å². The van der Waals surface area contributed by atoms with Crippen molar-refractivity contribution in [3.05, 3.63) is 59.8 Å². The van der Waals surface area contributed by atoms with Gasteiger partial charge in [-0.3, -0.25) is 9.59 Å². The van der Waals surface area contributed by atoms with Crippen LogP contribution in [0.15, 0.2) is 48.7 Å². The molecule has 1 aromatic carbocycles. The number of carbonyl (C=O) groups excluding carboxylic acids is 2. The van der Waals surface area contributed by atoms with Crippen molar-refractivity contribution in [3.63, 3.8) is 0 Å². The van der Waals surface area contributed by atoms with Crippen molar-refractivity contribution in [2.24, 2.45) is 5.92 Å². The molecule has 1 N–H and O–H groups in total. The molecule has 6 nitrogen and oxygen atoms in total. The molecule has 1 saturated heterocycles. The Labute approximate surface area is 185 Å². The number of anilines is 1. The number of alkyl halides is 3. The molecule has 3 rings (SSSR count). The van der Waals surface area contributed by atoms with Gasteiger partial charge in [0.1, 0.15) is 5.82 Å². The van der Waals surface area contributed by atoms with Crippen molar-refractivity contribution in [1.29, 1.82) is 0 Å². The van der Waals surface area contributed by atoms with E-state index in [2.05, 4.69) is 10.3 Å². The lowest BCUT2D eigenvalue weighted by atomic mass is 9.96. The van der Waals surface area contributed by atoms with Crippen LogP contribution in [-0.2, 0) is 22.3 Å². The Bertz CT molecular complexity index is 921. The predicted octanol–water partition coefficient (Wildman–Crippen LogP) is 3.48. The fraction of sp³-hybridized carbons (Fsp3) is 0.435. The number of hydrogen-bond donors (Lipinski definition) is 1. The number of nitrogens with one attached hydrogen (secondary N) is 1. The molecule has 0 radical (unpaired) electrons. The van der Waals surface area contributed by atoms with Gasteiger partial charge in [0.05, 0.1) is 18.0 Å². The summed E-state index contributed by atoms with van der Waals surface area (Å²) in [6, 6.07) is 11.8. The fourth-order valence-electron chi connectivity index (χ4n) is 3.85.